The number of benzene rings is 2. The molecule has 1 aliphatic rings. The molecule has 0 saturated carbocycles. The molecule has 1 aromatic heterocycles. The number of halogens is 1. The lowest BCUT2D eigenvalue weighted by atomic mass is 10.2. The number of esters is 1. The Morgan fingerprint density at radius 2 is 1.90 bits per heavy atom. The first-order valence-electron chi connectivity index (χ1n) is 12.6. The summed E-state index contributed by atoms with van der Waals surface area (Å²) in [7, 11) is -4.22. The van der Waals surface area contributed by atoms with E-state index in [2.05, 4.69) is 26.0 Å². The lowest BCUT2D eigenvalue weighted by molar-refractivity contribution is -0.146. The molecule has 3 N–H and O–H groups in total. The topological polar surface area (TPSA) is 158 Å². The highest BCUT2D eigenvalue weighted by Gasteiger charge is 2.39. The lowest BCUT2D eigenvalue weighted by Crippen LogP contribution is -2.36. The number of rotatable bonds is 12. The number of carbonyl (C=O) groups excluding carboxylic acids is 1. The van der Waals surface area contributed by atoms with Crippen LogP contribution in [0.2, 0.25) is 0 Å². The van der Waals surface area contributed by atoms with Gasteiger partial charge < -0.3 is 19.1 Å². The minimum Gasteiger partial charge on any atom is -0.460 e. The van der Waals surface area contributed by atoms with Crippen LogP contribution in [-0.2, 0) is 30.0 Å². The number of para-hydroxylation sites is 1. The van der Waals surface area contributed by atoms with Gasteiger partial charge in [0.1, 0.15) is 30.7 Å². The van der Waals surface area contributed by atoms with Gasteiger partial charge in [-0.1, -0.05) is 64.5 Å². The molecule has 14 heteroatoms. The third-order valence-electron chi connectivity index (χ3n) is 6.06. The van der Waals surface area contributed by atoms with Crippen molar-refractivity contribution < 1.29 is 33.0 Å². The summed E-state index contributed by atoms with van der Waals surface area (Å²) in [6, 6.07) is 16.2. The first-order valence-corrected chi connectivity index (χ1v) is 15.1. The van der Waals surface area contributed by atoms with E-state index in [1.807, 2.05) is 18.2 Å². The van der Waals surface area contributed by atoms with Gasteiger partial charge in [0, 0.05) is 12.6 Å². The van der Waals surface area contributed by atoms with Crippen LogP contribution in [0.15, 0.2) is 81.4 Å². The monoisotopic (exact) mass is 649 g/mol. The van der Waals surface area contributed by atoms with Crippen LogP contribution in [0.1, 0.15) is 30.7 Å². The van der Waals surface area contributed by atoms with Crippen molar-refractivity contribution in [2.45, 2.75) is 44.4 Å². The van der Waals surface area contributed by atoms with E-state index in [1.54, 1.807) is 42.5 Å². The number of aromatic nitrogens is 2. The molecule has 41 heavy (non-hydrogen) atoms. The van der Waals surface area contributed by atoms with Crippen molar-refractivity contribution in [3.63, 3.8) is 0 Å². The van der Waals surface area contributed by atoms with Crippen LogP contribution >= 0.6 is 23.7 Å². The van der Waals surface area contributed by atoms with Crippen molar-refractivity contribution in [2.75, 3.05) is 6.61 Å². The standard InChI is InChI=1S/C27H29BrN3O9P/c1-18(26(34)37-16-19-8-4-2-5-9-19)30-41(36,40-21-10-6-3-7-11-21)38-17-23-22(32)14-24(39-23)31-15-20(12-13-28)25(33)29-27(31)35/h2-13,15,18,22-24,32H,14,16-17H2,1H3,(H,30,36)(H,29,33,35)/b13-12+/t18-,22?,23+,24+,41?/m0/s1. The molecule has 0 bridgehead atoms. The molecule has 2 aromatic carbocycles. The Labute approximate surface area is 243 Å². The second kappa shape index (κ2) is 14.0. The molecule has 2 heterocycles. The van der Waals surface area contributed by atoms with Gasteiger partial charge in [0.25, 0.3) is 5.56 Å². The van der Waals surface area contributed by atoms with Gasteiger partial charge >= 0.3 is 19.4 Å². The summed E-state index contributed by atoms with van der Waals surface area (Å²) < 4.78 is 37.4. The molecule has 5 atom stereocenters. The van der Waals surface area contributed by atoms with Crippen molar-refractivity contribution in [1.82, 2.24) is 14.6 Å². The molecule has 1 fully saturated rings. The van der Waals surface area contributed by atoms with Crippen LogP contribution in [0.4, 0.5) is 0 Å². The predicted molar refractivity (Wildman–Crippen MR) is 153 cm³/mol. The number of hydrogen-bond donors (Lipinski definition) is 3. The smallest absolute Gasteiger partial charge is 0.459 e. The number of ether oxygens (including phenoxy) is 2. The number of aliphatic hydroxyl groups excluding tert-OH is 1. The Kier molecular flexibility index (Phi) is 10.5. The van der Waals surface area contributed by atoms with E-state index in [9.17, 15) is 24.1 Å². The average Bonchev–Trinajstić information content (AvgIpc) is 3.33. The molecular formula is C27H29BrN3O9P. The maximum absolute atomic E-state index is 13.8. The number of carbonyl (C=O) groups is 1. The van der Waals surface area contributed by atoms with Crippen molar-refractivity contribution in [2.24, 2.45) is 0 Å². The molecule has 12 nitrogen and oxygen atoms in total. The number of aliphatic hydroxyl groups is 1. The highest BCUT2D eigenvalue weighted by molar-refractivity contribution is 9.11. The maximum Gasteiger partial charge on any atom is 0.459 e. The van der Waals surface area contributed by atoms with Crippen molar-refractivity contribution in [1.29, 1.82) is 0 Å². The molecule has 0 aliphatic carbocycles. The number of nitrogens with zero attached hydrogens (tertiary/aromatic N) is 1. The summed E-state index contributed by atoms with van der Waals surface area (Å²) in [4.78, 5) is 40.7. The van der Waals surface area contributed by atoms with E-state index in [0.717, 1.165) is 10.1 Å². The van der Waals surface area contributed by atoms with Crippen LogP contribution in [-0.4, -0.2) is 45.5 Å². The predicted octanol–water partition coefficient (Wildman–Crippen LogP) is 3.48. The van der Waals surface area contributed by atoms with Gasteiger partial charge in [0.2, 0.25) is 0 Å². The van der Waals surface area contributed by atoms with Crippen molar-refractivity contribution >= 4 is 35.7 Å². The molecule has 1 saturated heterocycles. The average molecular weight is 650 g/mol. The zero-order valence-corrected chi connectivity index (χ0v) is 24.4. The van der Waals surface area contributed by atoms with E-state index in [-0.39, 0.29) is 24.3 Å². The Bertz CT molecular complexity index is 1510. The maximum atomic E-state index is 13.8. The third kappa shape index (κ3) is 8.35. The summed E-state index contributed by atoms with van der Waals surface area (Å²) in [5, 5.41) is 13.2. The van der Waals surface area contributed by atoms with E-state index in [4.69, 9.17) is 18.5 Å². The van der Waals surface area contributed by atoms with E-state index in [0.29, 0.717) is 0 Å². The first-order chi connectivity index (χ1) is 19.7. The molecule has 3 aromatic rings. The highest BCUT2D eigenvalue weighted by Crippen LogP contribution is 2.46. The van der Waals surface area contributed by atoms with E-state index >= 15 is 0 Å². The minimum atomic E-state index is -4.22. The zero-order chi connectivity index (χ0) is 29.4. The summed E-state index contributed by atoms with van der Waals surface area (Å²) >= 11 is 3.09. The zero-order valence-electron chi connectivity index (χ0n) is 21.9. The normalized spacial score (nSPS) is 20.9. The molecule has 0 radical (unpaired) electrons. The number of H-pyrrole nitrogens is 1. The minimum absolute atomic E-state index is 0.00304. The number of hydrogen-bond acceptors (Lipinski definition) is 9. The fraction of sp³-hybridized carbons (Fsp3) is 0.296. The third-order valence-corrected chi connectivity index (χ3v) is 7.97. The van der Waals surface area contributed by atoms with Crippen LogP contribution in [0.25, 0.3) is 6.08 Å². The van der Waals surface area contributed by atoms with Gasteiger partial charge in [-0.3, -0.25) is 23.7 Å². The fourth-order valence-corrected chi connectivity index (χ4v) is 5.75. The highest BCUT2D eigenvalue weighted by atomic mass is 79.9. The van der Waals surface area contributed by atoms with Gasteiger partial charge in [-0.25, -0.2) is 9.36 Å². The van der Waals surface area contributed by atoms with Crippen LogP contribution in [0.5, 0.6) is 5.75 Å². The Morgan fingerprint density at radius 1 is 1.22 bits per heavy atom. The van der Waals surface area contributed by atoms with Gasteiger partial charge in [-0.15, -0.1) is 0 Å². The van der Waals surface area contributed by atoms with Crippen LogP contribution in [0, 0.1) is 0 Å². The fourth-order valence-electron chi connectivity index (χ4n) is 3.96. The van der Waals surface area contributed by atoms with Gasteiger partial charge in [-0.2, -0.15) is 5.09 Å². The molecule has 4 rings (SSSR count). The Morgan fingerprint density at radius 3 is 2.59 bits per heavy atom. The van der Waals surface area contributed by atoms with Crippen molar-refractivity contribution in [3.05, 3.63) is 104 Å². The quantitative estimate of drug-likeness (QED) is 0.196. The number of nitrogens with one attached hydrogen (secondary N) is 2. The second-order valence-corrected chi connectivity index (χ2v) is 11.3. The Balaban J connectivity index is 1.44. The molecule has 0 spiro atoms. The lowest BCUT2D eigenvalue weighted by Gasteiger charge is -2.24. The molecule has 2 unspecified atom stereocenters. The summed E-state index contributed by atoms with van der Waals surface area (Å²) in [6.07, 6.45) is -0.282. The largest absolute Gasteiger partial charge is 0.460 e. The SMILES string of the molecule is C[C@H](NP(=O)(OC[C@H]1O[C@@H](n2cc(/C=C/Br)c(=O)[nH]c2=O)CC1O)Oc1ccccc1)C(=O)OCc1ccccc1. The van der Waals surface area contributed by atoms with Crippen LogP contribution < -0.4 is 20.9 Å². The molecule has 1 aliphatic heterocycles. The second-order valence-electron chi connectivity index (χ2n) is 9.12. The van der Waals surface area contributed by atoms with E-state index in [1.165, 1.54) is 24.2 Å². The summed E-state index contributed by atoms with van der Waals surface area (Å²) in [6.45, 7) is 1.07. The summed E-state index contributed by atoms with van der Waals surface area (Å²) in [5.74, 6) is -0.469. The number of aromatic amines is 1. The van der Waals surface area contributed by atoms with Gasteiger partial charge in [0.15, 0.2) is 0 Å². The van der Waals surface area contributed by atoms with E-state index < -0.39 is 56.0 Å². The summed E-state index contributed by atoms with van der Waals surface area (Å²) in [5.41, 5.74) is -0.325. The first kappa shape index (κ1) is 30.6. The van der Waals surface area contributed by atoms with Crippen LogP contribution in [0.3, 0.4) is 0 Å². The van der Waals surface area contributed by atoms with Gasteiger partial charge in [0.05, 0.1) is 18.3 Å². The van der Waals surface area contributed by atoms with Gasteiger partial charge in [-0.05, 0) is 35.7 Å². The molecule has 0 amide bonds. The molecular weight excluding hydrogens is 621 g/mol. The Hall–Kier alpha value is -3.32. The molecule has 218 valence electrons. The van der Waals surface area contributed by atoms with Crippen molar-refractivity contribution in [3.8, 4) is 5.75 Å².